The Morgan fingerprint density at radius 2 is 2.12 bits per heavy atom. The number of nitrogens with one attached hydrogen (secondary N) is 1. The zero-order valence-electron chi connectivity index (χ0n) is 16.0. The molecule has 1 aromatic rings. The standard InChI is InChI=1S/C21H33N3O2/c1-23(16-17-7-10-24(11-8-17)12-13-25)21(26)19-5-2-4-18(14-19)20-6-3-9-22-15-20/h2,4-5,14,17,20,22,25H,3,6-13,15-16H2,1H3. The van der Waals surface area contributed by atoms with E-state index in [2.05, 4.69) is 22.3 Å². The third-order valence-corrected chi connectivity index (χ3v) is 5.90. The van der Waals surface area contributed by atoms with Crippen molar-refractivity contribution in [1.29, 1.82) is 0 Å². The summed E-state index contributed by atoms with van der Waals surface area (Å²) < 4.78 is 0. The number of hydrogen-bond acceptors (Lipinski definition) is 4. The molecule has 2 aliphatic rings. The highest BCUT2D eigenvalue weighted by atomic mass is 16.3. The minimum atomic E-state index is 0.133. The second-order valence-electron chi connectivity index (χ2n) is 7.86. The van der Waals surface area contributed by atoms with E-state index in [0.717, 1.165) is 57.7 Å². The Balaban J connectivity index is 1.55. The van der Waals surface area contributed by atoms with Crippen LogP contribution in [0.25, 0.3) is 0 Å². The van der Waals surface area contributed by atoms with Crippen LogP contribution in [0.15, 0.2) is 24.3 Å². The number of aliphatic hydroxyl groups is 1. The van der Waals surface area contributed by atoms with E-state index in [1.807, 2.05) is 24.1 Å². The van der Waals surface area contributed by atoms with Gasteiger partial charge < -0.3 is 20.2 Å². The number of amides is 1. The van der Waals surface area contributed by atoms with Crippen LogP contribution in [0, 0.1) is 5.92 Å². The molecule has 5 heteroatoms. The lowest BCUT2D eigenvalue weighted by Gasteiger charge is -2.33. The van der Waals surface area contributed by atoms with Gasteiger partial charge in [-0.15, -0.1) is 0 Å². The Morgan fingerprint density at radius 1 is 1.31 bits per heavy atom. The number of hydrogen-bond donors (Lipinski definition) is 2. The summed E-state index contributed by atoms with van der Waals surface area (Å²) in [5.74, 6) is 1.22. The fraction of sp³-hybridized carbons (Fsp3) is 0.667. The van der Waals surface area contributed by atoms with Crippen molar-refractivity contribution in [2.75, 3.05) is 52.9 Å². The Bertz CT molecular complexity index is 578. The second kappa shape index (κ2) is 9.49. The van der Waals surface area contributed by atoms with E-state index in [1.54, 1.807) is 0 Å². The maximum Gasteiger partial charge on any atom is 0.253 e. The molecule has 2 N–H and O–H groups in total. The maximum atomic E-state index is 12.9. The number of aliphatic hydroxyl groups excluding tert-OH is 1. The van der Waals surface area contributed by atoms with E-state index in [0.29, 0.717) is 11.8 Å². The first-order valence-electron chi connectivity index (χ1n) is 10.1. The molecular weight excluding hydrogens is 326 g/mol. The minimum Gasteiger partial charge on any atom is -0.395 e. The van der Waals surface area contributed by atoms with Gasteiger partial charge in [-0.05, 0) is 74.8 Å². The van der Waals surface area contributed by atoms with Crippen LogP contribution in [0.5, 0.6) is 0 Å². The molecule has 5 nitrogen and oxygen atoms in total. The lowest BCUT2D eigenvalue weighted by Crippen LogP contribution is -2.40. The highest BCUT2D eigenvalue weighted by molar-refractivity contribution is 5.94. The average molecular weight is 360 g/mol. The van der Waals surface area contributed by atoms with Crippen molar-refractivity contribution in [2.24, 2.45) is 5.92 Å². The van der Waals surface area contributed by atoms with Gasteiger partial charge in [0.2, 0.25) is 0 Å². The SMILES string of the molecule is CN(CC1CCN(CCO)CC1)C(=O)c1cccc(C2CCCNC2)c1. The molecule has 0 saturated carbocycles. The summed E-state index contributed by atoms with van der Waals surface area (Å²) in [4.78, 5) is 17.1. The van der Waals surface area contributed by atoms with Crippen LogP contribution in [0.3, 0.4) is 0 Å². The van der Waals surface area contributed by atoms with Crippen molar-refractivity contribution in [3.05, 3.63) is 35.4 Å². The largest absolute Gasteiger partial charge is 0.395 e. The summed E-state index contributed by atoms with van der Waals surface area (Å²) >= 11 is 0. The second-order valence-corrected chi connectivity index (χ2v) is 7.86. The number of likely N-dealkylation sites (tertiary alicyclic amines) is 1. The van der Waals surface area contributed by atoms with Gasteiger partial charge in [-0.2, -0.15) is 0 Å². The molecule has 3 rings (SSSR count). The van der Waals surface area contributed by atoms with Crippen LogP contribution in [0.2, 0.25) is 0 Å². The Kier molecular flexibility index (Phi) is 7.06. The Morgan fingerprint density at radius 3 is 2.81 bits per heavy atom. The maximum absolute atomic E-state index is 12.9. The molecule has 0 aliphatic carbocycles. The molecule has 0 bridgehead atoms. The number of piperidine rings is 2. The van der Waals surface area contributed by atoms with Crippen molar-refractivity contribution < 1.29 is 9.90 Å². The molecule has 26 heavy (non-hydrogen) atoms. The molecule has 1 amide bonds. The molecule has 0 aromatic heterocycles. The predicted octanol–water partition coefficient (Wildman–Crippen LogP) is 1.93. The van der Waals surface area contributed by atoms with Crippen molar-refractivity contribution in [3.8, 4) is 0 Å². The predicted molar refractivity (Wildman–Crippen MR) is 104 cm³/mol. The zero-order valence-corrected chi connectivity index (χ0v) is 16.0. The van der Waals surface area contributed by atoms with Crippen LogP contribution < -0.4 is 5.32 Å². The summed E-state index contributed by atoms with van der Waals surface area (Å²) in [5, 5.41) is 12.5. The molecular formula is C21H33N3O2. The van der Waals surface area contributed by atoms with Gasteiger partial charge in [-0.1, -0.05) is 12.1 Å². The zero-order chi connectivity index (χ0) is 18.4. The summed E-state index contributed by atoms with van der Waals surface area (Å²) in [6, 6.07) is 8.23. The third kappa shape index (κ3) is 5.06. The molecule has 2 aliphatic heterocycles. The van der Waals surface area contributed by atoms with Gasteiger partial charge in [0, 0.05) is 32.2 Å². The molecule has 0 spiro atoms. The average Bonchev–Trinajstić information content (AvgIpc) is 2.70. The van der Waals surface area contributed by atoms with E-state index in [1.165, 1.54) is 18.4 Å². The van der Waals surface area contributed by atoms with E-state index >= 15 is 0 Å². The van der Waals surface area contributed by atoms with Crippen LogP contribution in [-0.2, 0) is 0 Å². The van der Waals surface area contributed by atoms with E-state index in [9.17, 15) is 4.79 Å². The number of carbonyl (C=O) groups excluding carboxylic acids is 1. The van der Waals surface area contributed by atoms with Gasteiger partial charge in [0.25, 0.3) is 5.91 Å². The van der Waals surface area contributed by atoms with E-state index in [4.69, 9.17) is 5.11 Å². The molecule has 1 aromatic carbocycles. The number of benzene rings is 1. The summed E-state index contributed by atoms with van der Waals surface area (Å²) in [7, 11) is 1.93. The molecule has 2 fully saturated rings. The van der Waals surface area contributed by atoms with Crippen molar-refractivity contribution in [2.45, 2.75) is 31.6 Å². The number of nitrogens with zero attached hydrogens (tertiary/aromatic N) is 2. The van der Waals surface area contributed by atoms with Crippen molar-refractivity contribution in [3.63, 3.8) is 0 Å². The minimum absolute atomic E-state index is 0.133. The van der Waals surface area contributed by atoms with Crippen molar-refractivity contribution in [1.82, 2.24) is 15.1 Å². The molecule has 1 unspecified atom stereocenters. The fourth-order valence-electron chi connectivity index (χ4n) is 4.29. The lowest BCUT2D eigenvalue weighted by atomic mass is 9.90. The van der Waals surface area contributed by atoms with Gasteiger partial charge >= 0.3 is 0 Å². The smallest absolute Gasteiger partial charge is 0.253 e. The molecule has 1 atom stereocenters. The summed E-state index contributed by atoms with van der Waals surface area (Å²) in [6.45, 7) is 5.99. The van der Waals surface area contributed by atoms with Gasteiger partial charge in [0.15, 0.2) is 0 Å². The molecule has 0 radical (unpaired) electrons. The monoisotopic (exact) mass is 359 g/mol. The molecule has 144 valence electrons. The van der Waals surface area contributed by atoms with Crippen LogP contribution in [0.1, 0.15) is 47.5 Å². The quantitative estimate of drug-likeness (QED) is 0.815. The molecule has 2 heterocycles. The first-order chi connectivity index (χ1) is 12.7. The van der Waals surface area contributed by atoms with Crippen molar-refractivity contribution >= 4 is 5.91 Å². The summed E-state index contributed by atoms with van der Waals surface area (Å²) in [6.07, 6.45) is 4.61. The first-order valence-corrected chi connectivity index (χ1v) is 10.1. The number of carbonyl (C=O) groups is 1. The molecule has 2 saturated heterocycles. The normalized spacial score (nSPS) is 22.3. The van der Waals surface area contributed by atoms with Gasteiger partial charge in [0.1, 0.15) is 0 Å². The van der Waals surface area contributed by atoms with Gasteiger partial charge in [0.05, 0.1) is 6.61 Å². The highest BCUT2D eigenvalue weighted by Gasteiger charge is 2.23. The fourth-order valence-corrected chi connectivity index (χ4v) is 4.29. The third-order valence-electron chi connectivity index (χ3n) is 5.90. The Labute approximate surface area is 157 Å². The Hall–Kier alpha value is -1.43. The van der Waals surface area contributed by atoms with Crippen LogP contribution >= 0.6 is 0 Å². The van der Waals surface area contributed by atoms with Gasteiger partial charge in [-0.25, -0.2) is 0 Å². The topological polar surface area (TPSA) is 55.8 Å². The number of rotatable bonds is 6. The van der Waals surface area contributed by atoms with E-state index < -0.39 is 0 Å². The first kappa shape index (κ1) is 19.3. The van der Waals surface area contributed by atoms with Gasteiger partial charge in [-0.3, -0.25) is 4.79 Å². The van der Waals surface area contributed by atoms with E-state index in [-0.39, 0.29) is 12.5 Å². The van der Waals surface area contributed by atoms with Crippen LogP contribution in [-0.4, -0.2) is 73.7 Å². The lowest BCUT2D eigenvalue weighted by molar-refractivity contribution is 0.0733. The highest BCUT2D eigenvalue weighted by Crippen LogP contribution is 2.24. The number of β-amino-alcohol motifs (C(OH)–C–C–N with tert-alkyl or cyclic N) is 1. The summed E-state index contributed by atoms with van der Waals surface area (Å²) in [5.41, 5.74) is 2.10. The van der Waals surface area contributed by atoms with Crippen LogP contribution in [0.4, 0.5) is 0 Å².